The van der Waals surface area contributed by atoms with E-state index in [1.807, 2.05) is 36.4 Å². The van der Waals surface area contributed by atoms with Gasteiger partial charge in [0.1, 0.15) is 0 Å². The molecule has 0 radical (unpaired) electrons. The van der Waals surface area contributed by atoms with E-state index in [-0.39, 0.29) is 11.8 Å². The Morgan fingerprint density at radius 1 is 0.962 bits per heavy atom. The van der Waals surface area contributed by atoms with Gasteiger partial charge in [-0.25, -0.2) is 0 Å². The van der Waals surface area contributed by atoms with E-state index in [1.54, 1.807) is 0 Å². The molecule has 3 aromatic rings. The molecule has 0 saturated carbocycles. The molecule has 0 saturated heterocycles. The molecule has 1 N–H and O–H groups in total. The molecule has 2 nitrogen and oxygen atoms in total. The van der Waals surface area contributed by atoms with Crippen molar-refractivity contribution in [3.05, 3.63) is 97.5 Å². The Hall–Kier alpha value is -1.66. The zero-order valence-corrected chi connectivity index (χ0v) is 18.1. The second kappa shape index (κ2) is 8.82. The van der Waals surface area contributed by atoms with Crippen LogP contribution in [0.5, 0.6) is 0 Å². The fourth-order valence-corrected chi connectivity index (χ4v) is 3.36. The molecule has 1 unspecified atom stereocenters. The Labute approximate surface area is 176 Å². The number of hydrogen-bond acceptors (Lipinski definition) is 2. The number of anilines is 1. The van der Waals surface area contributed by atoms with Crippen molar-refractivity contribution in [3.8, 4) is 0 Å². The highest BCUT2D eigenvalue weighted by atomic mass is 127. The third-order valence-electron chi connectivity index (χ3n) is 4.22. The molecule has 3 rings (SSSR count). The van der Waals surface area contributed by atoms with E-state index in [0.29, 0.717) is 6.42 Å². The summed E-state index contributed by atoms with van der Waals surface area (Å²) in [6, 6.07) is 24.0. The van der Waals surface area contributed by atoms with Crippen LogP contribution in [0.15, 0.2) is 77.3 Å². The zero-order valence-electron chi connectivity index (χ0n) is 14.4. The summed E-state index contributed by atoms with van der Waals surface area (Å²) in [5, 5.41) is 3.52. The van der Waals surface area contributed by atoms with E-state index in [0.717, 1.165) is 21.3 Å². The standard InChI is InChI=1S/C22H19BrINO/c1-15-2-4-16(5-3-15)21(25-20-12-10-19(24)11-13-20)14-22(26)17-6-8-18(23)9-7-17/h2-13,21,25H,14H2,1H3. The van der Waals surface area contributed by atoms with Crippen LogP contribution in [0, 0.1) is 10.5 Å². The van der Waals surface area contributed by atoms with Crippen molar-refractivity contribution in [1.29, 1.82) is 0 Å². The molecule has 0 aliphatic carbocycles. The minimum Gasteiger partial charge on any atom is -0.378 e. The minimum atomic E-state index is -0.0770. The second-order valence-electron chi connectivity index (χ2n) is 6.25. The lowest BCUT2D eigenvalue weighted by atomic mass is 9.97. The molecule has 4 heteroatoms. The number of halogens is 2. The molecular weight excluding hydrogens is 501 g/mol. The van der Waals surface area contributed by atoms with Gasteiger partial charge >= 0.3 is 0 Å². The molecule has 0 aliphatic rings. The van der Waals surface area contributed by atoms with E-state index in [1.165, 1.54) is 9.13 Å². The highest BCUT2D eigenvalue weighted by molar-refractivity contribution is 14.1. The lowest BCUT2D eigenvalue weighted by Gasteiger charge is -2.20. The third-order valence-corrected chi connectivity index (χ3v) is 5.47. The summed E-state index contributed by atoms with van der Waals surface area (Å²) in [6.45, 7) is 2.07. The van der Waals surface area contributed by atoms with Crippen LogP contribution in [-0.2, 0) is 0 Å². The number of rotatable bonds is 6. The Morgan fingerprint density at radius 3 is 2.19 bits per heavy atom. The molecule has 0 heterocycles. The maximum atomic E-state index is 12.8. The number of carbonyl (C=O) groups excluding carboxylic acids is 1. The number of Topliss-reactive ketones (excluding diaryl/α,β-unsaturated/α-hetero) is 1. The number of benzene rings is 3. The van der Waals surface area contributed by atoms with Crippen LogP contribution < -0.4 is 5.32 Å². The zero-order chi connectivity index (χ0) is 18.5. The Morgan fingerprint density at radius 2 is 1.58 bits per heavy atom. The van der Waals surface area contributed by atoms with Gasteiger partial charge in [0, 0.05) is 25.7 Å². The van der Waals surface area contributed by atoms with Crippen molar-refractivity contribution in [2.45, 2.75) is 19.4 Å². The number of hydrogen-bond donors (Lipinski definition) is 1. The van der Waals surface area contributed by atoms with Crippen LogP contribution in [-0.4, -0.2) is 5.78 Å². The summed E-state index contributed by atoms with van der Waals surface area (Å²) in [4.78, 5) is 12.8. The van der Waals surface area contributed by atoms with Gasteiger partial charge in [0.2, 0.25) is 0 Å². The molecule has 1 atom stereocenters. The average Bonchev–Trinajstić information content (AvgIpc) is 2.64. The lowest BCUT2D eigenvalue weighted by Crippen LogP contribution is -2.16. The van der Waals surface area contributed by atoms with Crippen molar-refractivity contribution < 1.29 is 4.79 Å². The summed E-state index contributed by atoms with van der Waals surface area (Å²) in [6.07, 6.45) is 0.399. The molecule has 3 aromatic carbocycles. The molecule has 26 heavy (non-hydrogen) atoms. The minimum absolute atomic E-state index is 0.0770. The van der Waals surface area contributed by atoms with Crippen LogP contribution in [0.2, 0.25) is 0 Å². The maximum absolute atomic E-state index is 12.8. The summed E-state index contributed by atoms with van der Waals surface area (Å²) in [5.41, 5.74) is 4.06. The van der Waals surface area contributed by atoms with Crippen molar-refractivity contribution in [3.63, 3.8) is 0 Å². The van der Waals surface area contributed by atoms with Gasteiger partial charge in [0.25, 0.3) is 0 Å². The molecule has 132 valence electrons. The third kappa shape index (κ3) is 5.17. The number of ketones is 1. The molecule has 0 fully saturated rings. The maximum Gasteiger partial charge on any atom is 0.165 e. The monoisotopic (exact) mass is 519 g/mol. The van der Waals surface area contributed by atoms with Crippen molar-refractivity contribution in [1.82, 2.24) is 0 Å². The quantitative estimate of drug-likeness (QED) is 0.287. The van der Waals surface area contributed by atoms with E-state index in [4.69, 9.17) is 0 Å². The predicted molar refractivity (Wildman–Crippen MR) is 120 cm³/mol. The highest BCUT2D eigenvalue weighted by Crippen LogP contribution is 2.26. The SMILES string of the molecule is Cc1ccc(C(CC(=O)c2ccc(Br)cc2)Nc2ccc(I)cc2)cc1. The predicted octanol–water partition coefficient (Wildman–Crippen LogP) is 6.79. The van der Waals surface area contributed by atoms with E-state index in [2.05, 4.69) is 87.2 Å². The van der Waals surface area contributed by atoms with Gasteiger partial charge in [-0.1, -0.05) is 57.9 Å². The second-order valence-corrected chi connectivity index (χ2v) is 8.41. The number of aryl methyl sites for hydroxylation is 1. The van der Waals surface area contributed by atoms with Gasteiger partial charge in [0.05, 0.1) is 6.04 Å². The molecule has 0 bridgehead atoms. The summed E-state index contributed by atoms with van der Waals surface area (Å²) < 4.78 is 2.16. The molecule has 0 aromatic heterocycles. The van der Waals surface area contributed by atoms with E-state index >= 15 is 0 Å². The molecule has 0 aliphatic heterocycles. The molecule has 0 spiro atoms. The fourth-order valence-electron chi connectivity index (χ4n) is 2.74. The summed E-state index contributed by atoms with van der Waals surface area (Å²) in [7, 11) is 0. The Balaban J connectivity index is 1.84. The van der Waals surface area contributed by atoms with Crippen LogP contribution >= 0.6 is 38.5 Å². The first-order chi connectivity index (χ1) is 12.5. The smallest absolute Gasteiger partial charge is 0.165 e. The normalized spacial score (nSPS) is 11.8. The number of carbonyl (C=O) groups is 1. The first-order valence-corrected chi connectivity index (χ1v) is 10.3. The average molecular weight is 520 g/mol. The first-order valence-electron chi connectivity index (χ1n) is 8.39. The van der Waals surface area contributed by atoms with Crippen LogP contribution in [0.4, 0.5) is 5.69 Å². The van der Waals surface area contributed by atoms with Gasteiger partial charge in [-0.2, -0.15) is 0 Å². The topological polar surface area (TPSA) is 29.1 Å². The summed E-state index contributed by atoms with van der Waals surface area (Å²) >= 11 is 5.70. The van der Waals surface area contributed by atoms with Crippen molar-refractivity contribution in [2.75, 3.05) is 5.32 Å². The Kier molecular flexibility index (Phi) is 6.48. The number of nitrogens with one attached hydrogen (secondary N) is 1. The fraction of sp³-hybridized carbons (Fsp3) is 0.136. The van der Waals surface area contributed by atoms with Gasteiger partial charge in [-0.15, -0.1) is 0 Å². The van der Waals surface area contributed by atoms with Crippen molar-refractivity contribution >= 4 is 50.0 Å². The van der Waals surface area contributed by atoms with Gasteiger partial charge in [0.15, 0.2) is 5.78 Å². The Bertz CT molecular complexity index is 874. The largest absolute Gasteiger partial charge is 0.378 e. The van der Waals surface area contributed by atoms with Gasteiger partial charge < -0.3 is 5.32 Å². The van der Waals surface area contributed by atoms with Crippen LogP contribution in [0.1, 0.15) is 33.9 Å². The molecular formula is C22H19BrINO. The highest BCUT2D eigenvalue weighted by Gasteiger charge is 2.17. The molecule has 0 amide bonds. The van der Waals surface area contributed by atoms with Crippen LogP contribution in [0.3, 0.4) is 0 Å². The van der Waals surface area contributed by atoms with Crippen molar-refractivity contribution in [2.24, 2.45) is 0 Å². The van der Waals surface area contributed by atoms with Gasteiger partial charge in [-0.05, 0) is 71.5 Å². The van der Waals surface area contributed by atoms with Crippen LogP contribution in [0.25, 0.3) is 0 Å². The summed E-state index contributed by atoms with van der Waals surface area (Å²) in [5.74, 6) is 0.126. The lowest BCUT2D eigenvalue weighted by molar-refractivity contribution is 0.0976. The van der Waals surface area contributed by atoms with E-state index < -0.39 is 0 Å². The first kappa shape index (κ1) is 19.1. The van der Waals surface area contributed by atoms with Gasteiger partial charge in [-0.3, -0.25) is 4.79 Å². The van der Waals surface area contributed by atoms with E-state index in [9.17, 15) is 4.79 Å².